The van der Waals surface area contributed by atoms with Gasteiger partial charge in [0.25, 0.3) is 5.91 Å². The second-order valence-corrected chi connectivity index (χ2v) is 6.03. The van der Waals surface area contributed by atoms with E-state index in [2.05, 4.69) is 22.9 Å². The highest BCUT2D eigenvalue weighted by Crippen LogP contribution is 2.24. The lowest BCUT2D eigenvalue weighted by Crippen LogP contribution is -2.38. The molecule has 0 aromatic heterocycles. The maximum Gasteiger partial charge on any atom is 0.255 e. The monoisotopic (exact) mass is 309 g/mol. The van der Waals surface area contributed by atoms with Gasteiger partial charge in [-0.2, -0.15) is 0 Å². The summed E-state index contributed by atoms with van der Waals surface area (Å²) in [5.74, 6) is 0.167. The van der Waals surface area contributed by atoms with Gasteiger partial charge in [0.2, 0.25) is 0 Å². The van der Waals surface area contributed by atoms with Crippen LogP contribution in [0.2, 0.25) is 0 Å². The fraction of sp³-hybridized carbons (Fsp3) is 0.533. The maximum atomic E-state index is 12.6. The summed E-state index contributed by atoms with van der Waals surface area (Å²) in [6.45, 7) is 5.07. The van der Waals surface area contributed by atoms with Crippen LogP contribution in [0.5, 0.6) is 0 Å². The van der Waals surface area contributed by atoms with Crippen LogP contribution >= 0.6 is 15.9 Å². The zero-order chi connectivity index (χ0) is 13.1. The molecule has 1 fully saturated rings. The van der Waals surface area contributed by atoms with Gasteiger partial charge in [0.05, 0.1) is 5.56 Å². The summed E-state index contributed by atoms with van der Waals surface area (Å²) in [6, 6.07) is 6.31. The lowest BCUT2D eigenvalue weighted by atomic mass is 10.1. The number of halogens is 1. The summed E-state index contributed by atoms with van der Waals surface area (Å²) in [7, 11) is 0. The molecule has 1 aliphatic heterocycles. The number of carbonyl (C=O) groups is 1. The molecule has 1 heterocycles. The van der Waals surface area contributed by atoms with Gasteiger partial charge in [0.15, 0.2) is 0 Å². The molecule has 1 aliphatic rings. The zero-order valence-electron chi connectivity index (χ0n) is 11.1. The molecular weight excluding hydrogens is 290 g/mol. The van der Waals surface area contributed by atoms with E-state index in [0.29, 0.717) is 6.04 Å². The number of hydrogen-bond donors (Lipinski definition) is 0. The van der Waals surface area contributed by atoms with E-state index in [-0.39, 0.29) is 5.91 Å². The number of likely N-dealkylation sites (tertiary alicyclic amines) is 1. The van der Waals surface area contributed by atoms with Crippen molar-refractivity contribution < 1.29 is 4.79 Å². The molecule has 0 aliphatic carbocycles. The van der Waals surface area contributed by atoms with Gasteiger partial charge in [0, 0.05) is 17.1 Å². The van der Waals surface area contributed by atoms with E-state index in [9.17, 15) is 4.79 Å². The maximum absolute atomic E-state index is 12.6. The second kappa shape index (κ2) is 5.87. The Kier molecular flexibility index (Phi) is 4.44. The van der Waals surface area contributed by atoms with E-state index >= 15 is 0 Å². The first-order valence-corrected chi connectivity index (χ1v) is 7.46. The number of benzene rings is 1. The minimum atomic E-state index is 0.167. The van der Waals surface area contributed by atoms with Gasteiger partial charge in [-0.05, 0) is 54.8 Å². The van der Waals surface area contributed by atoms with Crippen LogP contribution < -0.4 is 0 Å². The third kappa shape index (κ3) is 2.94. The molecular formula is C15H20BrNO. The van der Waals surface area contributed by atoms with Crippen LogP contribution in [0.3, 0.4) is 0 Å². The van der Waals surface area contributed by atoms with E-state index in [1.807, 2.05) is 30.0 Å². The zero-order valence-corrected chi connectivity index (χ0v) is 12.7. The van der Waals surface area contributed by atoms with Crippen molar-refractivity contribution >= 4 is 21.8 Å². The van der Waals surface area contributed by atoms with Gasteiger partial charge in [-0.3, -0.25) is 4.79 Å². The second-order valence-electron chi connectivity index (χ2n) is 5.18. The van der Waals surface area contributed by atoms with E-state index in [4.69, 9.17) is 0 Å². The number of carbonyl (C=O) groups excluding carboxylic acids is 1. The summed E-state index contributed by atoms with van der Waals surface area (Å²) in [4.78, 5) is 14.7. The van der Waals surface area contributed by atoms with Crippen molar-refractivity contribution in [3.8, 4) is 0 Å². The molecule has 0 bridgehead atoms. The van der Waals surface area contributed by atoms with Crippen molar-refractivity contribution in [2.45, 2.75) is 45.6 Å². The van der Waals surface area contributed by atoms with Crippen LogP contribution in [0.4, 0.5) is 0 Å². The normalized spacial score (nSPS) is 20.6. The van der Waals surface area contributed by atoms with Crippen LogP contribution in [0.25, 0.3) is 0 Å². The molecule has 0 radical (unpaired) electrons. The van der Waals surface area contributed by atoms with Crippen molar-refractivity contribution in [3.05, 3.63) is 33.8 Å². The Morgan fingerprint density at radius 2 is 2.11 bits per heavy atom. The molecule has 1 atom stereocenters. The van der Waals surface area contributed by atoms with Crippen LogP contribution in [-0.2, 0) is 0 Å². The smallest absolute Gasteiger partial charge is 0.255 e. The first kappa shape index (κ1) is 13.6. The molecule has 2 rings (SSSR count). The SMILES string of the molecule is Cc1ccc(Br)c(C(=O)N2CCCCCC2C)c1. The van der Waals surface area contributed by atoms with E-state index in [0.717, 1.165) is 35.0 Å². The standard InChI is InChI=1S/C15H20BrNO/c1-11-7-8-14(16)13(10-11)15(18)17-9-5-3-4-6-12(17)2/h7-8,10,12H,3-6,9H2,1-2H3. The fourth-order valence-corrected chi connectivity index (χ4v) is 2.95. The summed E-state index contributed by atoms with van der Waals surface area (Å²) in [6.07, 6.45) is 4.72. The van der Waals surface area contributed by atoms with Crippen LogP contribution in [0, 0.1) is 6.92 Å². The van der Waals surface area contributed by atoms with Gasteiger partial charge in [-0.1, -0.05) is 24.5 Å². The van der Waals surface area contributed by atoms with Gasteiger partial charge < -0.3 is 4.90 Å². The van der Waals surface area contributed by atoms with Gasteiger partial charge >= 0.3 is 0 Å². The number of rotatable bonds is 1. The van der Waals surface area contributed by atoms with Crippen molar-refractivity contribution in [1.29, 1.82) is 0 Å². The molecule has 98 valence electrons. The molecule has 1 unspecified atom stereocenters. The number of hydrogen-bond acceptors (Lipinski definition) is 1. The first-order valence-electron chi connectivity index (χ1n) is 6.66. The predicted molar refractivity (Wildman–Crippen MR) is 77.8 cm³/mol. The lowest BCUT2D eigenvalue weighted by Gasteiger charge is -2.27. The minimum absolute atomic E-state index is 0.167. The number of aryl methyl sites for hydroxylation is 1. The Labute approximate surface area is 117 Å². The van der Waals surface area contributed by atoms with Crippen LogP contribution in [-0.4, -0.2) is 23.4 Å². The molecule has 1 aromatic rings. The fourth-order valence-electron chi connectivity index (χ4n) is 2.53. The molecule has 0 saturated carbocycles. The highest BCUT2D eigenvalue weighted by molar-refractivity contribution is 9.10. The van der Waals surface area contributed by atoms with E-state index < -0.39 is 0 Å². The largest absolute Gasteiger partial charge is 0.336 e. The Morgan fingerprint density at radius 3 is 2.89 bits per heavy atom. The number of nitrogens with zero attached hydrogens (tertiary/aromatic N) is 1. The highest BCUT2D eigenvalue weighted by atomic mass is 79.9. The average molecular weight is 310 g/mol. The van der Waals surface area contributed by atoms with Crippen LogP contribution in [0.15, 0.2) is 22.7 Å². The first-order chi connectivity index (χ1) is 8.59. The Morgan fingerprint density at radius 1 is 1.33 bits per heavy atom. The van der Waals surface area contributed by atoms with Crippen molar-refractivity contribution in [1.82, 2.24) is 4.90 Å². The Hall–Kier alpha value is -0.830. The lowest BCUT2D eigenvalue weighted by molar-refractivity contribution is 0.0697. The minimum Gasteiger partial charge on any atom is -0.336 e. The number of amides is 1. The van der Waals surface area contributed by atoms with Crippen LogP contribution in [0.1, 0.15) is 48.5 Å². The van der Waals surface area contributed by atoms with Gasteiger partial charge in [-0.25, -0.2) is 0 Å². The van der Waals surface area contributed by atoms with E-state index in [1.165, 1.54) is 12.8 Å². The van der Waals surface area contributed by atoms with Crippen molar-refractivity contribution in [2.75, 3.05) is 6.54 Å². The van der Waals surface area contributed by atoms with E-state index in [1.54, 1.807) is 0 Å². The topological polar surface area (TPSA) is 20.3 Å². The summed E-state index contributed by atoms with van der Waals surface area (Å²) in [5, 5.41) is 0. The predicted octanol–water partition coefficient (Wildman–Crippen LogP) is 4.16. The molecule has 1 amide bonds. The van der Waals surface area contributed by atoms with Gasteiger partial charge in [0.1, 0.15) is 0 Å². The summed E-state index contributed by atoms with van der Waals surface area (Å²) in [5.41, 5.74) is 1.92. The molecule has 1 aromatic carbocycles. The summed E-state index contributed by atoms with van der Waals surface area (Å²) >= 11 is 3.49. The third-order valence-electron chi connectivity index (χ3n) is 3.67. The quantitative estimate of drug-likeness (QED) is 0.762. The Bertz CT molecular complexity index is 444. The average Bonchev–Trinajstić information content (AvgIpc) is 2.56. The van der Waals surface area contributed by atoms with Crippen molar-refractivity contribution in [3.63, 3.8) is 0 Å². The Balaban J connectivity index is 2.26. The molecule has 18 heavy (non-hydrogen) atoms. The summed E-state index contributed by atoms with van der Waals surface area (Å²) < 4.78 is 0.898. The van der Waals surface area contributed by atoms with Crippen molar-refractivity contribution in [2.24, 2.45) is 0 Å². The third-order valence-corrected chi connectivity index (χ3v) is 4.36. The molecule has 2 nitrogen and oxygen atoms in total. The molecule has 1 saturated heterocycles. The molecule has 3 heteroatoms. The van der Waals surface area contributed by atoms with Gasteiger partial charge in [-0.15, -0.1) is 0 Å². The highest BCUT2D eigenvalue weighted by Gasteiger charge is 2.24. The molecule has 0 N–H and O–H groups in total. The molecule has 0 spiro atoms.